The van der Waals surface area contributed by atoms with Gasteiger partial charge in [0.05, 0.1) is 12.6 Å². The predicted molar refractivity (Wildman–Crippen MR) is 57.4 cm³/mol. The van der Waals surface area contributed by atoms with Crippen molar-refractivity contribution >= 4 is 0 Å². The lowest BCUT2D eigenvalue weighted by molar-refractivity contribution is 0.231. The first kappa shape index (κ1) is 11.1. The maximum Gasteiger partial charge on any atom is 0.107 e. The van der Waals surface area contributed by atoms with Crippen molar-refractivity contribution in [3.8, 4) is 18.4 Å². The Bertz CT molecular complexity index is 258. The molecule has 1 fully saturated rings. The highest BCUT2D eigenvalue weighted by atomic mass is 15.0. The van der Waals surface area contributed by atoms with E-state index >= 15 is 0 Å². The van der Waals surface area contributed by atoms with Crippen LogP contribution in [0.4, 0.5) is 0 Å². The average molecular weight is 190 g/mol. The lowest BCUT2D eigenvalue weighted by Crippen LogP contribution is -2.47. The van der Waals surface area contributed by atoms with Gasteiger partial charge in [0.25, 0.3) is 0 Å². The number of terminal acetylenes is 1. The minimum Gasteiger partial charge on any atom is -0.288 e. The van der Waals surface area contributed by atoms with Crippen molar-refractivity contribution in [3.05, 3.63) is 0 Å². The summed E-state index contributed by atoms with van der Waals surface area (Å²) in [6, 6.07) is 2.41. The van der Waals surface area contributed by atoms with Gasteiger partial charge < -0.3 is 0 Å². The van der Waals surface area contributed by atoms with Crippen molar-refractivity contribution in [1.82, 2.24) is 5.32 Å². The smallest absolute Gasteiger partial charge is 0.107 e. The zero-order valence-corrected chi connectivity index (χ0v) is 8.84. The van der Waals surface area contributed by atoms with Gasteiger partial charge in [-0.1, -0.05) is 32.1 Å². The van der Waals surface area contributed by atoms with Gasteiger partial charge in [-0.2, -0.15) is 5.26 Å². The van der Waals surface area contributed by atoms with Crippen LogP contribution in [0.25, 0.3) is 0 Å². The zero-order valence-electron chi connectivity index (χ0n) is 8.84. The summed E-state index contributed by atoms with van der Waals surface area (Å²) in [5, 5.41) is 12.4. The molecule has 14 heavy (non-hydrogen) atoms. The molecule has 1 saturated carbocycles. The molecular weight excluding hydrogens is 172 g/mol. The molecule has 1 rings (SSSR count). The average Bonchev–Trinajstić information content (AvgIpc) is 2.26. The van der Waals surface area contributed by atoms with Crippen LogP contribution < -0.4 is 5.32 Å². The summed E-state index contributed by atoms with van der Waals surface area (Å²) in [6.45, 7) is 2.70. The van der Waals surface area contributed by atoms with Gasteiger partial charge in [0.1, 0.15) is 5.54 Å². The fourth-order valence-corrected chi connectivity index (χ4v) is 2.26. The lowest BCUT2D eigenvalue weighted by atomic mass is 9.75. The second-order valence-corrected chi connectivity index (χ2v) is 4.12. The Labute approximate surface area is 86.7 Å². The van der Waals surface area contributed by atoms with E-state index in [-0.39, 0.29) is 5.54 Å². The minimum absolute atomic E-state index is 0.342. The summed E-state index contributed by atoms with van der Waals surface area (Å²) in [5.74, 6) is 3.23. The standard InChI is InChI=1S/C12H18N2/c1-3-8-14-12(10-13)7-5-6-11(4-2)9-12/h1,11,14H,4-9H2,2H3. The Kier molecular flexibility index (Phi) is 3.98. The molecule has 1 aliphatic rings. The van der Waals surface area contributed by atoms with Crippen molar-refractivity contribution in [2.45, 2.75) is 44.6 Å². The second-order valence-electron chi connectivity index (χ2n) is 4.12. The van der Waals surface area contributed by atoms with Crippen LogP contribution in [0.5, 0.6) is 0 Å². The molecule has 0 aromatic heterocycles. The molecular formula is C12H18N2. The molecule has 1 N–H and O–H groups in total. The van der Waals surface area contributed by atoms with Gasteiger partial charge in [-0.3, -0.25) is 5.32 Å². The molecule has 0 amide bonds. The van der Waals surface area contributed by atoms with E-state index in [4.69, 9.17) is 6.42 Å². The van der Waals surface area contributed by atoms with Crippen molar-refractivity contribution in [3.63, 3.8) is 0 Å². The van der Waals surface area contributed by atoms with E-state index in [1.165, 1.54) is 12.8 Å². The Hall–Kier alpha value is -0.990. The molecule has 0 radical (unpaired) electrons. The predicted octanol–water partition coefficient (Wildman–Crippen LogP) is 2.07. The van der Waals surface area contributed by atoms with E-state index in [2.05, 4.69) is 24.2 Å². The first-order valence-electron chi connectivity index (χ1n) is 5.36. The van der Waals surface area contributed by atoms with Crippen molar-refractivity contribution in [2.24, 2.45) is 5.92 Å². The molecule has 0 spiro atoms. The van der Waals surface area contributed by atoms with Crippen molar-refractivity contribution in [1.29, 1.82) is 5.26 Å². The monoisotopic (exact) mass is 190 g/mol. The molecule has 76 valence electrons. The number of nitriles is 1. The summed E-state index contributed by atoms with van der Waals surface area (Å²) < 4.78 is 0. The molecule has 2 unspecified atom stereocenters. The Morgan fingerprint density at radius 1 is 1.64 bits per heavy atom. The molecule has 0 heterocycles. The summed E-state index contributed by atoms with van der Waals surface area (Å²) in [5.41, 5.74) is -0.342. The lowest BCUT2D eigenvalue weighted by Gasteiger charge is -2.35. The SMILES string of the molecule is C#CCNC1(C#N)CCCC(CC)C1. The molecule has 0 aromatic rings. The van der Waals surface area contributed by atoms with Crippen LogP contribution in [-0.2, 0) is 0 Å². The third-order valence-corrected chi connectivity index (χ3v) is 3.17. The van der Waals surface area contributed by atoms with Crippen LogP contribution in [0, 0.1) is 29.6 Å². The topological polar surface area (TPSA) is 35.8 Å². The quantitative estimate of drug-likeness (QED) is 0.691. The highest BCUT2D eigenvalue weighted by Gasteiger charge is 2.35. The number of rotatable bonds is 3. The fraction of sp³-hybridized carbons (Fsp3) is 0.750. The van der Waals surface area contributed by atoms with E-state index in [0.29, 0.717) is 12.5 Å². The number of nitrogens with one attached hydrogen (secondary N) is 1. The molecule has 0 aliphatic heterocycles. The Morgan fingerprint density at radius 3 is 3.00 bits per heavy atom. The molecule has 0 bridgehead atoms. The van der Waals surface area contributed by atoms with E-state index in [0.717, 1.165) is 19.3 Å². The number of hydrogen-bond donors (Lipinski definition) is 1. The normalized spacial score (nSPS) is 31.8. The number of hydrogen-bond acceptors (Lipinski definition) is 2. The van der Waals surface area contributed by atoms with Crippen LogP contribution in [0.15, 0.2) is 0 Å². The summed E-state index contributed by atoms with van der Waals surface area (Å²) in [6.07, 6.45) is 10.7. The van der Waals surface area contributed by atoms with Gasteiger partial charge in [-0.25, -0.2) is 0 Å². The van der Waals surface area contributed by atoms with Crippen LogP contribution in [0.1, 0.15) is 39.0 Å². The largest absolute Gasteiger partial charge is 0.288 e. The van der Waals surface area contributed by atoms with Gasteiger partial charge in [-0.05, 0) is 18.8 Å². The molecule has 0 saturated heterocycles. The number of nitrogens with zero attached hydrogens (tertiary/aromatic N) is 1. The minimum atomic E-state index is -0.342. The van der Waals surface area contributed by atoms with Crippen molar-refractivity contribution < 1.29 is 0 Å². The molecule has 1 aliphatic carbocycles. The second kappa shape index (κ2) is 5.03. The van der Waals surface area contributed by atoms with Crippen LogP contribution >= 0.6 is 0 Å². The van der Waals surface area contributed by atoms with E-state index in [1.54, 1.807) is 0 Å². The first-order valence-corrected chi connectivity index (χ1v) is 5.36. The fourth-order valence-electron chi connectivity index (χ4n) is 2.26. The Balaban J connectivity index is 2.60. The third kappa shape index (κ3) is 2.50. The van der Waals surface area contributed by atoms with Gasteiger partial charge in [0.15, 0.2) is 0 Å². The van der Waals surface area contributed by atoms with E-state index in [1.807, 2.05) is 0 Å². The van der Waals surface area contributed by atoms with Crippen molar-refractivity contribution in [2.75, 3.05) is 6.54 Å². The molecule has 2 heteroatoms. The summed E-state index contributed by atoms with van der Waals surface area (Å²) >= 11 is 0. The highest BCUT2D eigenvalue weighted by molar-refractivity contribution is 5.11. The van der Waals surface area contributed by atoms with Gasteiger partial charge >= 0.3 is 0 Å². The first-order chi connectivity index (χ1) is 6.76. The molecule has 2 atom stereocenters. The maximum atomic E-state index is 9.20. The van der Waals surface area contributed by atoms with Gasteiger partial charge in [0.2, 0.25) is 0 Å². The maximum absolute atomic E-state index is 9.20. The highest BCUT2D eigenvalue weighted by Crippen LogP contribution is 2.33. The van der Waals surface area contributed by atoms with E-state index < -0.39 is 0 Å². The summed E-state index contributed by atoms with van der Waals surface area (Å²) in [4.78, 5) is 0. The zero-order chi connectivity index (χ0) is 10.4. The molecule has 2 nitrogen and oxygen atoms in total. The van der Waals surface area contributed by atoms with Gasteiger partial charge in [0, 0.05) is 0 Å². The van der Waals surface area contributed by atoms with Crippen LogP contribution in [0.2, 0.25) is 0 Å². The van der Waals surface area contributed by atoms with Crippen LogP contribution in [0.3, 0.4) is 0 Å². The Morgan fingerprint density at radius 2 is 2.43 bits per heavy atom. The molecule has 0 aromatic carbocycles. The van der Waals surface area contributed by atoms with Gasteiger partial charge in [-0.15, -0.1) is 6.42 Å². The summed E-state index contributed by atoms with van der Waals surface area (Å²) in [7, 11) is 0. The van der Waals surface area contributed by atoms with Crippen LogP contribution in [-0.4, -0.2) is 12.1 Å². The third-order valence-electron chi connectivity index (χ3n) is 3.17. The van der Waals surface area contributed by atoms with E-state index in [9.17, 15) is 5.26 Å².